The fourth-order valence-electron chi connectivity index (χ4n) is 1.54. The molecule has 1 aromatic carbocycles. The number of benzene rings is 1. The van der Waals surface area contributed by atoms with Crippen LogP contribution in [0.4, 0.5) is 0 Å². The maximum absolute atomic E-state index is 12.2. The maximum Gasteiger partial charge on any atom is 0.257 e. The number of ether oxygens (including phenoxy) is 1. The normalized spacial score (nSPS) is 10.3. The smallest absolute Gasteiger partial charge is 0.257 e. The molecule has 0 aliphatic heterocycles. The van der Waals surface area contributed by atoms with Gasteiger partial charge in [0.2, 0.25) is 0 Å². The number of nitrogens with zero attached hydrogens (tertiary/aromatic N) is 1. The van der Waals surface area contributed by atoms with Crippen molar-refractivity contribution in [3.05, 3.63) is 23.8 Å². The van der Waals surface area contributed by atoms with Crippen molar-refractivity contribution in [3.8, 4) is 11.5 Å². The van der Waals surface area contributed by atoms with E-state index >= 15 is 0 Å². The van der Waals surface area contributed by atoms with Gasteiger partial charge in [-0.05, 0) is 18.2 Å². The summed E-state index contributed by atoms with van der Waals surface area (Å²) in [5.41, 5.74) is 5.49. The van der Waals surface area contributed by atoms with Crippen LogP contribution in [0.1, 0.15) is 10.4 Å². The Balaban J connectivity index is 2.90. The number of nitrogens with two attached hydrogens (primary N) is 1. The number of phenols is 2. The van der Waals surface area contributed by atoms with Crippen LogP contribution in [0.15, 0.2) is 18.2 Å². The third-order valence-corrected chi connectivity index (χ3v) is 2.46. The molecule has 0 heterocycles. The second kappa shape index (κ2) is 6.83. The Morgan fingerprint density at radius 2 is 2.11 bits per heavy atom. The van der Waals surface area contributed by atoms with E-state index in [4.69, 9.17) is 10.5 Å². The number of aromatic hydroxyl groups is 2. The number of phenolic OH excluding ortho intramolecular Hbond substituents is 2. The molecule has 0 spiro atoms. The fourth-order valence-corrected chi connectivity index (χ4v) is 1.54. The number of amides is 1. The minimum absolute atomic E-state index is 0.0551. The molecular weight excluding hydrogens is 236 g/mol. The molecule has 0 radical (unpaired) electrons. The predicted molar refractivity (Wildman–Crippen MR) is 66.6 cm³/mol. The molecule has 1 aromatic rings. The highest BCUT2D eigenvalue weighted by molar-refractivity contribution is 5.97. The van der Waals surface area contributed by atoms with E-state index in [1.54, 1.807) is 0 Å². The molecule has 6 heteroatoms. The van der Waals surface area contributed by atoms with E-state index in [0.29, 0.717) is 26.2 Å². The van der Waals surface area contributed by atoms with Crippen LogP contribution in [0.3, 0.4) is 0 Å². The van der Waals surface area contributed by atoms with E-state index in [1.165, 1.54) is 30.2 Å². The summed E-state index contributed by atoms with van der Waals surface area (Å²) in [5, 5.41) is 19.0. The summed E-state index contributed by atoms with van der Waals surface area (Å²) in [7, 11) is 1.54. The molecule has 0 aromatic heterocycles. The Bertz CT molecular complexity index is 409. The number of carbonyl (C=O) groups is 1. The van der Waals surface area contributed by atoms with Crippen molar-refractivity contribution in [1.82, 2.24) is 4.90 Å². The molecule has 0 saturated carbocycles. The Morgan fingerprint density at radius 1 is 1.39 bits per heavy atom. The second-order valence-corrected chi connectivity index (χ2v) is 3.78. The van der Waals surface area contributed by atoms with Gasteiger partial charge in [-0.1, -0.05) is 0 Å². The molecular formula is C12H18N2O4. The zero-order chi connectivity index (χ0) is 13.5. The lowest BCUT2D eigenvalue weighted by atomic mass is 10.1. The van der Waals surface area contributed by atoms with E-state index in [0.717, 1.165) is 0 Å². The van der Waals surface area contributed by atoms with Crippen molar-refractivity contribution in [2.24, 2.45) is 5.73 Å². The largest absolute Gasteiger partial charge is 0.508 e. The molecule has 0 fully saturated rings. The van der Waals surface area contributed by atoms with Crippen LogP contribution in [-0.4, -0.2) is 54.4 Å². The summed E-state index contributed by atoms with van der Waals surface area (Å²) in [5.74, 6) is -0.626. The molecule has 6 nitrogen and oxygen atoms in total. The van der Waals surface area contributed by atoms with Gasteiger partial charge in [-0.3, -0.25) is 4.79 Å². The Kier molecular flexibility index (Phi) is 5.41. The number of carbonyl (C=O) groups excluding carboxylic acids is 1. The highest BCUT2D eigenvalue weighted by Crippen LogP contribution is 2.23. The van der Waals surface area contributed by atoms with Gasteiger partial charge >= 0.3 is 0 Å². The number of hydrogen-bond acceptors (Lipinski definition) is 5. The number of methoxy groups -OCH3 is 1. The second-order valence-electron chi connectivity index (χ2n) is 3.78. The lowest BCUT2D eigenvalue weighted by Crippen LogP contribution is -2.37. The van der Waals surface area contributed by atoms with Gasteiger partial charge in [0.25, 0.3) is 5.91 Å². The topological polar surface area (TPSA) is 96.0 Å². The third kappa shape index (κ3) is 3.61. The molecule has 1 amide bonds. The molecule has 0 aliphatic rings. The highest BCUT2D eigenvalue weighted by Gasteiger charge is 2.18. The molecule has 1 rings (SSSR count). The first-order chi connectivity index (χ1) is 8.60. The van der Waals surface area contributed by atoms with Crippen molar-refractivity contribution in [3.63, 3.8) is 0 Å². The Hall–Kier alpha value is -1.79. The van der Waals surface area contributed by atoms with E-state index in [1.807, 2.05) is 0 Å². The molecule has 0 aliphatic carbocycles. The van der Waals surface area contributed by atoms with Gasteiger partial charge < -0.3 is 25.6 Å². The van der Waals surface area contributed by atoms with Crippen molar-refractivity contribution in [1.29, 1.82) is 0 Å². The summed E-state index contributed by atoms with van der Waals surface area (Å²) in [6.07, 6.45) is 0. The van der Waals surface area contributed by atoms with E-state index in [9.17, 15) is 15.0 Å². The SMILES string of the molecule is COCCN(CCN)C(=O)c1cc(O)ccc1O. The Labute approximate surface area is 106 Å². The predicted octanol–water partition coefficient (Wildman–Crippen LogP) is 0.145. The summed E-state index contributed by atoms with van der Waals surface area (Å²) in [6, 6.07) is 3.82. The summed E-state index contributed by atoms with van der Waals surface area (Å²) in [4.78, 5) is 13.6. The van der Waals surface area contributed by atoms with Gasteiger partial charge in [0, 0.05) is 26.7 Å². The van der Waals surface area contributed by atoms with E-state index in [2.05, 4.69) is 0 Å². The fraction of sp³-hybridized carbons (Fsp3) is 0.417. The molecule has 0 saturated heterocycles. The molecule has 0 unspecified atom stereocenters. The van der Waals surface area contributed by atoms with Crippen LogP contribution < -0.4 is 5.73 Å². The molecule has 4 N–H and O–H groups in total. The average Bonchev–Trinajstić information content (AvgIpc) is 2.36. The molecule has 0 atom stereocenters. The van der Waals surface area contributed by atoms with Gasteiger partial charge in [-0.2, -0.15) is 0 Å². The van der Waals surface area contributed by atoms with E-state index in [-0.39, 0.29) is 23.0 Å². The van der Waals surface area contributed by atoms with Gasteiger partial charge in [-0.25, -0.2) is 0 Å². The Morgan fingerprint density at radius 3 is 2.72 bits per heavy atom. The molecule has 18 heavy (non-hydrogen) atoms. The first-order valence-corrected chi connectivity index (χ1v) is 5.60. The maximum atomic E-state index is 12.2. The lowest BCUT2D eigenvalue weighted by molar-refractivity contribution is 0.0698. The first-order valence-electron chi connectivity index (χ1n) is 5.60. The van der Waals surface area contributed by atoms with Crippen molar-refractivity contribution < 1.29 is 19.7 Å². The van der Waals surface area contributed by atoms with Gasteiger partial charge in [-0.15, -0.1) is 0 Å². The van der Waals surface area contributed by atoms with Crippen molar-refractivity contribution in [2.75, 3.05) is 33.4 Å². The van der Waals surface area contributed by atoms with Crippen LogP contribution in [0, 0.1) is 0 Å². The van der Waals surface area contributed by atoms with Gasteiger partial charge in [0.15, 0.2) is 0 Å². The summed E-state index contributed by atoms with van der Waals surface area (Å²) in [6.45, 7) is 1.43. The van der Waals surface area contributed by atoms with Crippen LogP contribution >= 0.6 is 0 Å². The quantitative estimate of drug-likeness (QED) is 0.628. The standard InChI is InChI=1S/C12H18N2O4/c1-18-7-6-14(5-4-13)12(17)10-8-9(15)2-3-11(10)16/h2-3,8,15-16H,4-7,13H2,1H3. The van der Waals surface area contributed by atoms with E-state index < -0.39 is 0 Å². The minimum Gasteiger partial charge on any atom is -0.508 e. The zero-order valence-corrected chi connectivity index (χ0v) is 10.3. The van der Waals surface area contributed by atoms with Crippen molar-refractivity contribution in [2.45, 2.75) is 0 Å². The number of hydrogen-bond donors (Lipinski definition) is 3. The monoisotopic (exact) mass is 254 g/mol. The van der Waals surface area contributed by atoms with Crippen LogP contribution in [0.2, 0.25) is 0 Å². The highest BCUT2D eigenvalue weighted by atomic mass is 16.5. The van der Waals surface area contributed by atoms with Crippen LogP contribution in [-0.2, 0) is 4.74 Å². The zero-order valence-electron chi connectivity index (χ0n) is 10.3. The first kappa shape index (κ1) is 14.3. The molecule has 0 bridgehead atoms. The van der Waals surface area contributed by atoms with Gasteiger partial charge in [0.1, 0.15) is 11.5 Å². The van der Waals surface area contributed by atoms with Crippen molar-refractivity contribution >= 4 is 5.91 Å². The van der Waals surface area contributed by atoms with Crippen LogP contribution in [0.5, 0.6) is 11.5 Å². The van der Waals surface area contributed by atoms with Gasteiger partial charge in [0.05, 0.1) is 12.2 Å². The van der Waals surface area contributed by atoms with Crippen LogP contribution in [0.25, 0.3) is 0 Å². The minimum atomic E-state index is -0.383. The molecule has 100 valence electrons. The number of rotatable bonds is 6. The average molecular weight is 254 g/mol. The summed E-state index contributed by atoms with van der Waals surface area (Å²) < 4.78 is 4.91. The lowest BCUT2D eigenvalue weighted by Gasteiger charge is -2.22. The third-order valence-electron chi connectivity index (χ3n) is 2.46. The summed E-state index contributed by atoms with van der Waals surface area (Å²) >= 11 is 0.